The monoisotopic (exact) mass is 508 g/mol. The van der Waals surface area contributed by atoms with Gasteiger partial charge in [-0.25, -0.2) is 4.98 Å². The molecule has 2 heterocycles. The molecule has 1 aliphatic heterocycles. The number of ether oxygens (including phenoxy) is 3. The molecule has 0 bridgehead atoms. The number of amides is 1. The maximum Gasteiger partial charge on any atom is 0.323 e. The number of carbonyl (C=O) groups is 2. The highest BCUT2D eigenvalue weighted by atomic mass is 32.2. The number of nitrogens with zero attached hydrogens (tertiary/aromatic N) is 2. The first-order valence-electron chi connectivity index (χ1n) is 11.3. The number of likely N-dealkylation sites (tertiary alicyclic amines) is 1. The Morgan fingerprint density at radius 3 is 2.47 bits per heavy atom. The lowest BCUT2D eigenvalue weighted by Gasteiger charge is -2.35. The number of hydrogen-bond donors (Lipinski definition) is 1. The number of pyridine rings is 1. The molecule has 1 aliphatic rings. The van der Waals surface area contributed by atoms with Crippen molar-refractivity contribution in [2.75, 3.05) is 21.3 Å². The smallest absolute Gasteiger partial charge is 0.323 e. The molecule has 36 heavy (non-hydrogen) atoms. The number of carbonyl (C=O) groups excluding carboxylic acids is 1. The van der Waals surface area contributed by atoms with Crippen LogP contribution in [0.2, 0.25) is 0 Å². The van der Waals surface area contributed by atoms with E-state index >= 15 is 0 Å². The van der Waals surface area contributed by atoms with Gasteiger partial charge in [0.15, 0.2) is 4.75 Å². The molecule has 188 valence electrons. The van der Waals surface area contributed by atoms with Crippen molar-refractivity contribution in [1.82, 2.24) is 9.88 Å². The van der Waals surface area contributed by atoms with E-state index < -0.39 is 16.8 Å². The molecule has 9 heteroatoms. The number of hydrogen-bond acceptors (Lipinski definition) is 7. The Morgan fingerprint density at radius 2 is 1.83 bits per heavy atom. The van der Waals surface area contributed by atoms with Crippen molar-refractivity contribution in [1.29, 1.82) is 0 Å². The van der Waals surface area contributed by atoms with Gasteiger partial charge < -0.3 is 24.2 Å². The Bertz CT molecular complexity index is 1270. The van der Waals surface area contributed by atoms with Crippen LogP contribution in [0.4, 0.5) is 0 Å². The summed E-state index contributed by atoms with van der Waals surface area (Å²) in [7, 11) is 4.61. The van der Waals surface area contributed by atoms with Gasteiger partial charge in [-0.2, -0.15) is 0 Å². The Hall–Kier alpha value is -3.72. The minimum absolute atomic E-state index is 0.158. The molecule has 0 aliphatic carbocycles. The molecule has 3 aromatic rings. The largest absolute Gasteiger partial charge is 0.497 e. The number of benzene rings is 2. The number of aliphatic carboxylic acids is 1. The number of thioether (sulfide) groups is 1. The van der Waals surface area contributed by atoms with Crippen LogP contribution < -0.4 is 14.2 Å². The minimum Gasteiger partial charge on any atom is -0.497 e. The van der Waals surface area contributed by atoms with E-state index in [2.05, 4.69) is 4.98 Å². The fourth-order valence-electron chi connectivity index (χ4n) is 4.46. The summed E-state index contributed by atoms with van der Waals surface area (Å²) in [5.41, 5.74) is 2.43. The third kappa shape index (κ3) is 4.83. The Kier molecular flexibility index (Phi) is 7.40. The van der Waals surface area contributed by atoms with Crippen LogP contribution in [0.15, 0.2) is 65.7 Å². The molecule has 1 saturated heterocycles. The summed E-state index contributed by atoms with van der Waals surface area (Å²) < 4.78 is 14.7. The summed E-state index contributed by atoms with van der Waals surface area (Å²) in [5, 5.41) is 10.6. The summed E-state index contributed by atoms with van der Waals surface area (Å²) in [4.78, 5) is 33.1. The molecule has 1 unspecified atom stereocenters. The average Bonchev–Trinajstić information content (AvgIpc) is 3.17. The molecular weight excluding hydrogens is 480 g/mol. The van der Waals surface area contributed by atoms with E-state index in [0.29, 0.717) is 22.9 Å². The second kappa shape index (κ2) is 10.5. The fourth-order valence-corrected chi connectivity index (χ4v) is 5.82. The lowest BCUT2D eigenvalue weighted by atomic mass is 9.93. The average molecular weight is 509 g/mol. The fraction of sp³-hybridized carbons (Fsp3) is 0.296. The second-order valence-corrected chi connectivity index (χ2v) is 9.92. The molecule has 2 atom stereocenters. The molecule has 1 N–H and O–H groups in total. The minimum atomic E-state index is -1.47. The summed E-state index contributed by atoms with van der Waals surface area (Å²) in [6.45, 7) is 2.13. The SMILES string of the molecule is COc1ccc(CN2C(=O)C[C@](Sc3ccc(C)cc3)(C(=O)O)C2c2ccnc(OC)c2)c(OC)c1. The Labute approximate surface area is 214 Å². The molecule has 1 amide bonds. The highest BCUT2D eigenvalue weighted by Crippen LogP contribution is 2.53. The first kappa shape index (κ1) is 25.4. The lowest BCUT2D eigenvalue weighted by Crippen LogP contribution is -2.41. The first-order valence-corrected chi connectivity index (χ1v) is 12.1. The normalized spacial score (nSPS) is 19.3. The van der Waals surface area contributed by atoms with Crippen LogP contribution >= 0.6 is 11.8 Å². The number of rotatable bonds is 9. The zero-order chi connectivity index (χ0) is 25.9. The van der Waals surface area contributed by atoms with Gasteiger partial charge in [-0.3, -0.25) is 9.59 Å². The molecule has 0 radical (unpaired) electrons. The quantitative estimate of drug-likeness (QED) is 0.451. The van der Waals surface area contributed by atoms with Crippen LogP contribution in [0, 0.1) is 6.92 Å². The van der Waals surface area contributed by atoms with Crippen LogP contribution in [-0.2, 0) is 16.1 Å². The van der Waals surface area contributed by atoms with Crippen LogP contribution in [-0.4, -0.2) is 52.9 Å². The Morgan fingerprint density at radius 1 is 1.08 bits per heavy atom. The zero-order valence-electron chi connectivity index (χ0n) is 20.6. The van der Waals surface area contributed by atoms with Gasteiger partial charge >= 0.3 is 5.97 Å². The van der Waals surface area contributed by atoms with Gasteiger partial charge in [0.05, 0.1) is 33.8 Å². The third-order valence-corrected chi connectivity index (χ3v) is 7.70. The van der Waals surface area contributed by atoms with Crippen LogP contribution in [0.25, 0.3) is 0 Å². The molecule has 8 nitrogen and oxygen atoms in total. The van der Waals surface area contributed by atoms with E-state index in [1.807, 2.05) is 37.3 Å². The predicted molar refractivity (Wildman–Crippen MR) is 136 cm³/mol. The molecule has 0 spiro atoms. The van der Waals surface area contributed by atoms with Crippen molar-refractivity contribution in [3.05, 3.63) is 77.5 Å². The van der Waals surface area contributed by atoms with E-state index in [4.69, 9.17) is 14.2 Å². The highest BCUT2D eigenvalue weighted by molar-refractivity contribution is 8.01. The summed E-state index contributed by atoms with van der Waals surface area (Å²) in [6, 6.07) is 15.6. The standard InChI is InChI=1S/C27H28N2O6S/c1-17-5-9-21(10-6-17)36-27(26(31)32)15-24(30)29(25(27)18-11-12-28-23(13-18)35-4)16-19-7-8-20(33-2)14-22(19)34-3/h5-14,25H,15-16H2,1-4H3,(H,31,32)/t25?,27-/m1/s1. The van der Waals surface area contributed by atoms with Crippen molar-refractivity contribution in [3.8, 4) is 17.4 Å². The number of carboxylic acid groups (broad SMARTS) is 1. The van der Waals surface area contributed by atoms with Crippen LogP contribution in [0.3, 0.4) is 0 Å². The second-order valence-electron chi connectivity index (χ2n) is 8.52. The maximum atomic E-state index is 13.5. The number of aromatic nitrogens is 1. The highest BCUT2D eigenvalue weighted by Gasteiger charge is 2.58. The third-order valence-electron chi connectivity index (χ3n) is 6.29. The van der Waals surface area contributed by atoms with Crippen LogP contribution in [0.1, 0.15) is 29.2 Å². The van der Waals surface area contributed by atoms with E-state index in [1.54, 1.807) is 49.6 Å². The topological polar surface area (TPSA) is 98.2 Å². The van der Waals surface area contributed by atoms with Gasteiger partial charge in [0.25, 0.3) is 0 Å². The van der Waals surface area contributed by atoms with E-state index in [0.717, 1.165) is 16.0 Å². The number of aryl methyl sites for hydroxylation is 1. The molecule has 1 aromatic heterocycles. The number of methoxy groups -OCH3 is 3. The molecular formula is C27H28N2O6S. The van der Waals surface area contributed by atoms with E-state index in [1.165, 1.54) is 18.9 Å². The van der Waals surface area contributed by atoms with Gasteiger partial charge in [0.1, 0.15) is 11.5 Å². The summed E-state index contributed by atoms with van der Waals surface area (Å²) in [5.74, 6) is 0.177. The predicted octanol–water partition coefficient (Wildman–Crippen LogP) is 4.51. The lowest BCUT2D eigenvalue weighted by molar-refractivity contribution is -0.140. The molecule has 0 saturated carbocycles. The Balaban J connectivity index is 1.83. The van der Waals surface area contributed by atoms with Gasteiger partial charge in [0.2, 0.25) is 11.8 Å². The van der Waals surface area contributed by atoms with Crippen molar-refractivity contribution in [3.63, 3.8) is 0 Å². The van der Waals surface area contributed by atoms with Gasteiger partial charge in [-0.1, -0.05) is 17.7 Å². The van der Waals surface area contributed by atoms with E-state index in [-0.39, 0.29) is 18.9 Å². The van der Waals surface area contributed by atoms with Crippen molar-refractivity contribution in [2.45, 2.75) is 35.6 Å². The molecule has 2 aromatic carbocycles. The van der Waals surface area contributed by atoms with Gasteiger partial charge in [-0.05, 0) is 42.8 Å². The van der Waals surface area contributed by atoms with Gasteiger partial charge in [-0.15, -0.1) is 11.8 Å². The number of carboxylic acids is 1. The van der Waals surface area contributed by atoms with Crippen molar-refractivity contribution in [2.24, 2.45) is 0 Å². The summed E-state index contributed by atoms with van der Waals surface area (Å²) in [6.07, 6.45) is 1.39. The van der Waals surface area contributed by atoms with Gasteiger partial charge in [0, 0.05) is 35.3 Å². The molecule has 1 fully saturated rings. The maximum absolute atomic E-state index is 13.5. The molecule has 4 rings (SSSR count). The first-order chi connectivity index (χ1) is 17.3. The summed E-state index contributed by atoms with van der Waals surface area (Å²) >= 11 is 1.19. The zero-order valence-corrected chi connectivity index (χ0v) is 21.4. The van der Waals surface area contributed by atoms with Crippen molar-refractivity contribution < 1.29 is 28.9 Å². The van der Waals surface area contributed by atoms with Crippen molar-refractivity contribution >= 4 is 23.6 Å². The van der Waals surface area contributed by atoms with E-state index in [9.17, 15) is 14.7 Å². The van der Waals surface area contributed by atoms with Crippen LogP contribution in [0.5, 0.6) is 17.4 Å².